The molecule has 138 valence electrons. The van der Waals surface area contributed by atoms with Crippen molar-refractivity contribution < 1.29 is 14.3 Å². The topological polar surface area (TPSA) is 67.4 Å². The average molecular weight is 354 g/mol. The molecule has 2 aromatic carbocycles. The zero-order chi connectivity index (χ0) is 18.9. The van der Waals surface area contributed by atoms with Gasteiger partial charge in [0, 0.05) is 13.1 Å². The number of benzene rings is 2. The molecule has 0 atom stereocenters. The molecule has 0 fully saturated rings. The maximum absolute atomic E-state index is 11.9. The van der Waals surface area contributed by atoms with E-state index < -0.39 is 0 Å². The molecule has 0 aliphatic rings. The van der Waals surface area contributed by atoms with Gasteiger partial charge in [0.25, 0.3) is 5.91 Å². The fraction of sp³-hybridized carbons (Fsp3) is 0.333. The molecule has 0 saturated carbocycles. The van der Waals surface area contributed by atoms with E-state index in [1.165, 1.54) is 0 Å². The molecule has 2 aromatic rings. The van der Waals surface area contributed by atoms with E-state index in [0.29, 0.717) is 19.5 Å². The lowest BCUT2D eigenvalue weighted by atomic mass is 10.1. The Bertz CT molecular complexity index is 757. The third-order valence-corrected chi connectivity index (χ3v) is 4.20. The fourth-order valence-corrected chi connectivity index (χ4v) is 2.58. The van der Waals surface area contributed by atoms with Gasteiger partial charge in [0.05, 0.1) is 6.42 Å². The predicted octanol–water partition coefficient (Wildman–Crippen LogP) is 2.47. The van der Waals surface area contributed by atoms with Gasteiger partial charge in [-0.05, 0) is 43.0 Å². The highest BCUT2D eigenvalue weighted by Crippen LogP contribution is 2.25. The summed E-state index contributed by atoms with van der Waals surface area (Å²) >= 11 is 0. The first-order chi connectivity index (χ1) is 12.5. The predicted molar refractivity (Wildman–Crippen MR) is 102 cm³/mol. The molecule has 0 bridgehead atoms. The minimum absolute atomic E-state index is 0.0386. The number of rotatable bonds is 8. The van der Waals surface area contributed by atoms with Crippen LogP contribution in [0.3, 0.4) is 0 Å². The molecule has 0 aliphatic heterocycles. The standard InChI is InChI=1S/C21H26N2O3/c1-15-9-10-16(2)21(17(15)3)26-14-20(25)23-12-11-22-19(24)13-18-7-5-4-6-8-18/h4-10H,11-14H2,1-3H3,(H,22,24)(H,23,25). The van der Waals surface area contributed by atoms with E-state index in [-0.39, 0.29) is 18.4 Å². The SMILES string of the molecule is Cc1ccc(C)c(OCC(=O)NCCNC(=O)Cc2ccccc2)c1C. The second-order valence-corrected chi connectivity index (χ2v) is 6.30. The van der Waals surface area contributed by atoms with Crippen LogP contribution >= 0.6 is 0 Å². The largest absolute Gasteiger partial charge is 0.483 e. The van der Waals surface area contributed by atoms with Crippen LogP contribution in [0, 0.1) is 20.8 Å². The maximum Gasteiger partial charge on any atom is 0.258 e. The zero-order valence-corrected chi connectivity index (χ0v) is 15.6. The van der Waals surface area contributed by atoms with E-state index in [1.54, 1.807) is 0 Å². The van der Waals surface area contributed by atoms with Crippen LogP contribution in [0.25, 0.3) is 0 Å². The molecule has 2 amide bonds. The third kappa shape index (κ3) is 5.92. The van der Waals surface area contributed by atoms with Gasteiger partial charge in [0.1, 0.15) is 5.75 Å². The zero-order valence-electron chi connectivity index (χ0n) is 15.6. The fourth-order valence-electron chi connectivity index (χ4n) is 2.58. The summed E-state index contributed by atoms with van der Waals surface area (Å²) in [6, 6.07) is 13.6. The van der Waals surface area contributed by atoms with Crippen LogP contribution in [0.5, 0.6) is 5.75 Å². The Morgan fingerprint density at radius 1 is 0.846 bits per heavy atom. The van der Waals surface area contributed by atoms with Gasteiger partial charge in [-0.25, -0.2) is 0 Å². The average Bonchev–Trinajstić information content (AvgIpc) is 2.63. The summed E-state index contributed by atoms with van der Waals surface area (Å²) in [4.78, 5) is 23.7. The van der Waals surface area contributed by atoms with E-state index >= 15 is 0 Å². The van der Waals surface area contributed by atoms with Crippen molar-refractivity contribution in [3.05, 3.63) is 64.7 Å². The number of hydrogen-bond donors (Lipinski definition) is 2. The van der Waals surface area contributed by atoms with Crippen molar-refractivity contribution in [1.82, 2.24) is 10.6 Å². The van der Waals surface area contributed by atoms with Gasteiger partial charge in [-0.2, -0.15) is 0 Å². The molecule has 0 aromatic heterocycles. The first-order valence-corrected chi connectivity index (χ1v) is 8.74. The van der Waals surface area contributed by atoms with Gasteiger partial charge in [-0.15, -0.1) is 0 Å². The maximum atomic E-state index is 11.9. The molecule has 0 unspecified atom stereocenters. The van der Waals surface area contributed by atoms with Crippen LogP contribution < -0.4 is 15.4 Å². The van der Waals surface area contributed by atoms with E-state index in [1.807, 2.05) is 63.2 Å². The van der Waals surface area contributed by atoms with Crippen LogP contribution in [0.1, 0.15) is 22.3 Å². The van der Waals surface area contributed by atoms with Crippen molar-refractivity contribution in [2.24, 2.45) is 0 Å². The third-order valence-electron chi connectivity index (χ3n) is 4.20. The normalized spacial score (nSPS) is 10.3. The molecule has 2 N–H and O–H groups in total. The van der Waals surface area contributed by atoms with Crippen molar-refractivity contribution in [2.45, 2.75) is 27.2 Å². The summed E-state index contributed by atoms with van der Waals surface area (Å²) < 4.78 is 5.67. The highest BCUT2D eigenvalue weighted by Gasteiger charge is 2.09. The van der Waals surface area contributed by atoms with Crippen molar-refractivity contribution in [2.75, 3.05) is 19.7 Å². The molecule has 0 spiro atoms. The second-order valence-electron chi connectivity index (χ2n) is 6.30. The van der Waals surface area contributed by atoms with Crippen molar-refractivity contribution in [3.8, 4) is 5.75 Å². The lowest BCUT2D eigenvalue weighted by Crippen LogP contribution is -2.37. The lowest BCUT2D eigenvalue weighted by Gasteiger charge is -2.14. The molecular weight excluding hydrogens is 328 g/mol. The minimum atomic E-state index is -0.206. The van der Waals surface area contributed by atoms with Crippen LogP contribution in [0.15, 0.2) is 42.5 Å². The van der Waals surface area contributed by atoms with Gasteiger partial charge in [-0.1, -0.05) is 42.5 Å². The van der Waals surface area contributed by atoms with Crippen LogP contribution in [0.2, 0.25) is 0 Å². The summed E-state index contributed by atoms with van der Waals surface area (Å²) in [5.41, 5.74) is 4.15. The second kappa shape index (κ2) is 9.61. The first-order valence-electron chi connectivity index (χ1n) is 8.74. The molecule has 0 heterocycles. The highest BCUT2D eigenvalue weighted by atomic mass is 16.5. The van der Waals surface area contributed by atoms with Gasteiger partial charge >= 0.3 is 0 Å². The van der Waals surface area contributed by atoms with Gasteiger partial charge < -0.3 is 15.4 Å². The molecule has 2 rings (SSSR count). The molecule has 26 heavy (non-hydrogen) atoms. The van der Waals surface area contributed by atoms with Gasteiger partial charge in [0.15, 0.2) is 6.61 Å². The molecular formula is C21H26N2O3. The number of carbonyl (C=O) groups excluding carboxylic acids is 2. The van der Waals surface area contributed by atoms with E-state index in [4.69, 9.17) is 4.74 Å². The Hall–Kier alpha value is -2.82. The van der Waals surface area contributed by atoms with E-state index in [2.05, 4.69) is 10.6 Å². The highest BCUT2D eigenvalue weighted by molar-refractivity contribution is 5.79. The molecule has 5 nitrogen and oxygen atoms in total. The monoisotopic (exact) mass is 354 g/mol. The summed E-state index contributed by atoms with van der Waals surface area (Å²) in [6.07, 6.45) is 0.337. The molecule has 0 saturated heterocycles. The first kappa shape index (κ1) is 19.5. The smallest absolute Gasteiger partial charge is 0.258 e. The Labute approximate surface area is 154 Å². The minimum Gasteiger partial charge on any atom is -0.483 e. The van der Waals surface area contributed by atoms with Gasteiger partial charge in [-0.3, -0.25) is 9.59 Å². The van der Waals surface area contributed by atoms with E-state index in [0.717, 1.165) is 28.0 Å². The number of hydrogen-bond acceptors (Lipinski definition) is 3. The number of ether oxygens (including phenoxy) is 1. The van der Waals surface area contributed by atoms with Crippen LogP contribution in [-0.4, -0.2) is 31.5 Å². The van der Waals surface area contributed by atoms with Gasteiger partial charge in [0.2, 0.25) is 5.91 Å². The van der Waals surface area contributed by atoms with Crippen LogP contribution in [-0.2, 0) is 16.0 Å². The Morgan fingerprint density at radius 2 is 1.46 bits per heavy atom. The van der Waals surface area contributed by atoms with Crippen LogP contribution in [0.4, 0.5) is 0 Å². The summed E-state index contributed by atoms with van der Waals surface area (Å²) in [6.45, 7) is 6.68. The number of nitrogens with one attached hydrogen (secondary N) is 2. The Kier molecular flexibility index (Phi) is 7.21. The number of carbonyl (C=O) groups is 2. The van der Waals surface area contributed by atoms with E-state index in [9.17, 15) is 9.59 Å². The summed E-state index contributed by atoms with van der Waals surface area (Å²) in [5, 5.41) is 5.54. The summed E-state index contributed by atoms with van der Waals surface area (Å²) in [5.74, 6) is 0.492. The van der Waals surface area contributed by atoms with Crippen molar-refractivity contribution in [3.63, 3.8) is 0 Å². The van der Waals surface area contributed by atoms with Crippen molar-refractivity contribution in [1.29, 1.82) is 0 Å². The number of amides is 2. The number of aryl methyl sites for hydroxylation is 2. The quantitative estimate of drug-likeness (QED) is 0.716. The van der Waals surface area contributed by atoms with Crippen molar-refractivity contribution >= 4 is 11.8 Å². The summed E-state index contributed by atoms with van der Waals surface area (Å²) in [7, 11) is 0. The Morgan fingerprint density at radius 3 is 2.15 bits per heavy atom. The molecule has 0 radical (unpaired) electrons. The Balaban J connectivity index is 1.66. The lowest BCUT2D eigenvalue weighted by molar-refractivity contribution is -0.124. The molecule has 5 heteroatoms. The molecule has 0 aliphatic carbocycles.